The molecule has 1 saturated heterocycles. The van der Waals surface area contributed by atoms with Gasteiger partial charge in [0.2, 0.25) is 0 Å². The molecule has 6 nitrogen and oxygen atoms in total. The topological polar surface area (TPSA) is 81.1 Å². The first kappa shape index (κ1) is 17.7. The van der Waals surface area contributed by atoms with Crippen LogP contribution < -0.4 is 5.32 Å². The molecule has 0 aliphatic carbocycles. The highest BCUT2D eigenvalue weighted by molar-refractivity contribution is 7.91. The lowest BCUT2D eigenvalue weighted by Crippen LogP contribution is -2.27. The fraction of sp³-hybridized carbons (Fsp3) is 0.444. The first-order valence-electron chi connectivity index (χ1n) is 8.45. The van der Waals surface area contributed by atoms with Crippen LogP contribution in [-0.4, -0.2) is 42.2 Å². The first-order chi connectivity index (χ1) is 11.9. The van der Waals surface area contributed by atoms with Crippen LogP contribution in [0.4, 0.5) is 0 Å². The summed E-state index contributed by atoms with van der Waals surface area (Å²) in [5, 5.41) is 7.38. The SMILES string of the molecule is Cc1nn([C@@H]2CCS(=O)(=O)C2)c(C)c1C(=O)NCCc1ccccc1. The number of nitrogens with zero attached hydrogens (tertiary/aromatic N) is 2. The molecule has 1 N–H and O–H groups in total. The summed E-state index contributed by atoms with van der Waals surface area (Å²) in [5.41, 5.74) is 3.09. The summed E-state index contributed by atoms with van der Waals surface area (Å²) < 4.78 is 25.1. The maximum Gasteiger partial charge on any atom is 0.255 e. The summed E-state index contributed by atoms with van der Waals surface area (Å²) in [7, 11) is -2.99. The zero-order valence-electron chi connectivity index (χ0n) is 14.5. The van der Waals surface area contributed by atoms with Crippen LogP contribution in [0.1, 0.15) is 39.8 Å². The van der Waals surface area contributed by atoms with Crippen LogP contribution in [0.3, 0.4) is 0 Å². The lowest BCUT2D eigenvalue weighted by atomic mass is 10.1. The maximum absolute atomic E-state index is 12.5. The van der Waals surface area contributed by atoms with E-state index in [1.54, 1.807) is 11.6 Å². The number of rotatable bonds is 5. The van der Waals surface area contributed by atoms with Crippen molar-refractivity contribution >= 4 is 15.7 Å². The molecule has 134 valence electrons. The summed E-state index contributed by atoms with van der Waals surface area (Å²) in [5.74, 6) is 0.136. The molecule has 0 unspecified atom stereocenters. The lowest BCUT2D eigenvalue weighted by molar-refractivity contribution is 0.0952. The van der Waals surface area contributed by atoms with Gasteiger partial charge in [-0.1, -0.05) is 30.3 Å². The molecule has 1 aliphatic rings. The van der Waals surface area contributed by atoms with Gasteiger partial charge in [-0.05, 0) is 32.3 Å². The minimum Gasteiger partial charge on any atom is -0.352 e. The van der Waals surface area contributed by atoms with Gasteiger partial charge >= 0.3 is 0 Å². The van der Waals surface area contributed by atoms with Crippen LogP contribution in [0.5, 0.6) is 0 Å². The van der Waals surface area contributed by atoms with Crippen LogP contribution in [0.2, 0.25) is 0 Å². The number of aromatic nitrogens is 2. The number of hydrogen-bond donors (Lipinski definition) is 1. The van der Waals surface area contributed by atoms with Gasteiger partial charge < -0.3 is 5.32 Å². The molecule has 2 aromatic rings. The van der Waals surface area contributed by atoms with Gasteiger partial charge in [0.1, 0.15) is 0 Å². The average molecular weight is 361 g/mol. The Morgan fingerprint density at radius 3 is 2.64 bits per heavy atom. The molecule has 0 bridgehead atoms. The predicted octanol–water partition coefficient (Wildman–Crippen LogP) is 1.83. The Morgan fingerprint density at radius 2 is 2.00 bits per heavy atom. The standard InChI is InChI=1S/C18H23N3O3S/c1-13-17(18(22)19-10-8-15-6-4-3-5-7-15)14(2)21(20-13)16-9-11-25(23,24)12-16/h3-7,16H,8-12H2,1-2H3,(H,19,22)/t16-/m1/s1. The fourth-order valence-electron chi connectivity index (χ4n) is 3.37. The van der Waals surface area contributed by atoms with Crippen molar-refractivity contribution in [3.63, 3.8) is 0 Å². The molecule has 1 aliphatic heterocycles. The molecule has 0 saturated carbocycles. The van der Waals surface area contributed by atoms with Crippen LogP contribution in [-0.2, 0) is 16.3 Å². The molecular weight excluding hydrogens is 338 g/mol. The van der Waals surface area contributed by atoms with Crippen molar-refractivity contribution in [2.24, 2.45) is 0 Å². The molecule has 1 aromatic heterocycles. The van der Waals surface area contributed by atoms with Crippen molar-refractivity contribution < 1.29 is 13.2 Å². The predicted molar refractivity (Wildman–Crippen MR) is 96.5 cm³/mol. The number of carbonyl (C=O) groups excluding carboxylic acids is 1. The average Bonchev–Trinajstić information content (AvgIpc) is 3.07. The van der Waals surface area contributed by atoms with Gasteiger partial charge in [0, 0.05) is 12.2 Å². The lowest BCUT2D eigenvalue weighted by Gasteiger charge is -2.11. The van der Waals surface area contributed by atoms with Crippen molar-refractivity contribution in [3.05, 3.63) is 52.8 Å². The van der Waals surface area contributed by atoms with Crippen molar-refractivity contribution in [1.82, 2.24) is 15.1 Å². The third-order valence-electron chi connectivity index (χ3n) is 4.65. The summed E-state index contributed by atoms with van der Waals surface area (Å²) >= 11 is 0. The largest absolute Gasteiger partial charge is 0.352 e. The van der Waals surface area contributed by atoms with Gasteiger partial charge in [-0.2, -0.15) is 5.10 Å². The van der Waals surface area contributed by atoms with Gasteiger partial charge in [0.25, 0.3) is 5.91 Å². The van der Waals surface area contributed by atoms with E-state index in [2.05, 4.69) is 10.4 Å². The summed E-state index contributed by atoms with van der Waals surface area (Å²) in [6, 6.07) is 9.81. The van der Waals surface area contributed by atoms with Gasteiger partial charge in [-0.15, -0.1) is 0 Å². The highest BCUT2D eigenvalue weighted by Crippen LogP contribution is 2.26. The van der Waals surface area contributed by atoms with Crippen LogP contribution in [0.15, 0.2) is 30.3 Å². The minimum atomic E-state index is -2.99. The van der Waals surface area contributed by atoms with E-state index in [0.29, 0.717) is 24.2 Å². The van der Waals surface area contributed by atoms with E-state index in [0.717, 1.165) is 12.1 Å². The van der Waals surface area contributed by atoms with Crippen molar-refractivity contribution in [3.8, 4) is 0 Å². The number of hydrogen-bond acceptors (Lipinski definition) is 4. The quantitative estimate of drug-likeness (QED) is 0.881. The van der Waals surface area contributed by atoms with Crippen LogP contribution >= 0.6 is 0 Å². The number of sulfone groups is 1. The Kier molecular flexibility index (Phi) is 4.94. The minimum absolute atomic E-state index is 0.101. The Balaban J connectivity index is 1.68. The first-order valence-corrected chi connectivity index (χ1v) is 10.3. The van der Waals surface area contributed by atoms with E-state index < -0.39 is 9.84 Å². The van der Waals surface area contributed by atoms with Crippen molar-refractivity contribution in [1.29, 1.82) is 0 Å². The van der Waals surface area contributed by atoms with E-state index in [4.69, 9.17) is 0 Å². The van der Waals surface area contributed by atoms with Crippen LogP contribution in [0, 0.1) is 13.8 Å². The fourth-order valence-corrected chi connectivity index (χ4v) is 5.06. The van der Waals surface area contributed by atoms with E-state index in [1.165, 1.54) is 5.56 Å². The molecular formula is C18H23N3O3S. The van der Waals surface area contributed by atoms with Crippen molar-refractivity contribution in [2.45, 2.75) is 32.7 Å². The molecule has 0 spiro atoms. The molecule has 3 rings (SSSR count). The third-order valence-corrected chi connectivity index (χ3v) is 6.40. The van der Waals surface area contributed by atoms with Gasteiger partial charge in [0.05, 0.1) is 28.8 Å². The Bertz CT molecular complexity index is 872. The highest BCUT2D eigenvalue weighted by Gasteiger charge is 2.32. The molecule has 1 amide bonds. The number of benzene rings is 1. The van der Waals surface area contributed by atoms with Crippen LogP contribution in [0.25, 0.3) is 0 Å². The Labute approximate surface area is 148 Å². The number of aryl methyl sites for hydroxylation is 1. The number of amides is 1. The smallest absolute Gasteiger partial charge is 0.255 e. The molecule has 25 heavy (non-hydrogen) atoms. The monoisotopic (exact) mass is 361 g/mol. The molecule has 1 aromatic carbocycles. The normalized spacial score (nSPS) is 19.0. The molecule has 1 fully saturated rings. The summed E-state index contributed by atoms with van der Waals surface area (Å²) in [6.45, 7) is 4.17. The molecule has 2 heterocycles. The molecule has 1 atom stereocenters. The second kappa shape index (κ2) is 7.00. The van der Waals surface area contributed by atoms with Gasteiger partial charge in [-0.25, -0.2) is 8.42 Å². The zero-order valence-corrected chi connectivity index (χ0v) is 15.3. The second-order valence-electron chi connectivity index (χ2n) is 6.54. The zero-order chi connectivity index (χ0) is 18.0. The summed E-state index contributed by atoms with van der Waals surface area (Å²) in [6.07, 6.45) is 1.32. The molecule has 7 heteroatoms. The van der Waals surface area contributed by atoms with Gasteiger partial charge in [0.15, 0.2) is 9.84 Å². The Hall–Kier alpha value is -2.15. The maximum atomic E-state index is 12.5. The van der Waals surface area contributed by atoms with Gasteiger partial charge in [-0.3, -0.25) is 9.48 Å². The number of nitrogens with one attached hydrogen (secondary N) is 1. The van der Waals surface area contributed by atoms with E-state index >= 15 is 0 Å². The van der Waals surface area contributed by atoms with Crippen molar-refractivity contribution in [2.75, 3.05) is 18.1 Å². The third kappa shape index (κ3) is 3.92. The van der Waals surface area contributed by atoms with E-state index in [-0.39, 0.29) is 23.5 Å². The number of carbonyl (C=O) groups is 1. The molecule has 0 radical (unpaired) electrons. The highest BCUT2D eigenvalue weighted by atomic mass is 32.2. The second-order valence-corrected chi connectivity index (χ2v) is 8.77. The van der Waals surface area contributed by atoms with E-state index in [9.17, 15) is 13.2 Å². The Morgan fingerprint density at radius 1 is 1.28 bits per heavy atom. The van der Waals surface area contributed by atoms with E-state index in [1.807, 2.05) is 37.3 Å². The summed E-state index contributed by atoms with van der Waals surface area (Å²) in [4.78, 5) is 12.5.